The Morgan fingerprint density at radius 2 is 1.48 bits per heavy atom. The maximum absolute atomic E-state index is 15.2. The van der Waals surface area contributed by atoms with Gasteiger partial charge in [0.25, 0.3) is 17.0 Å². The van der Waals surface area contributed by atoms with Crippen molar-refractivity contribution in [3.8, 4) is 11.4 Å². The predicted octanol–water partition coefficient (Wildman–Crippen LogP) is 4.51. The number of para-hydroxylation sites is 2. The van der Waals surface area contributed by atoms with Crippen molar-refractivity contribution < 1.29 is 19.4 Å². The number of nitrogens with zero attached hydrogens (tertiary/aromatic N) is 6. The van der Waals surface area contributed by atoms with Crippen LogP contribution in [0, 0.1) is 5.92 Å². The fourth-order valence-electron chi connectivity index (χ4n) is 8.98. The molecular formula is C41H42N8O6Si. The van der Waals surface area contributed by atoms with Crippen molar-refractivity contribution in [3.63, 3.8) is 0 Å². The third-order valence-corrected chi connectivity index (χ3v) is 14.0. The summed E-state index contributed by atoms with van der Waals surface area (Å²) in [7, 11) is -2.97. The van der Waals surface area contributed by atoms with E-state index in [4.69, 9.17) is 4.74 Å². The number of amides is 1. The van der Waals surface area contributed by atoms with Crippen molar-refractivity contribution >= 4 is 41.7 Å². The molecule has 0 bridgehead atoms. The van der Waals surface area contributed by atoms with Crippen LogP contribution in [0.5, 0.6) is 0 Å². The highest BCUT2D eigenvalue weighted by Crippen LogP contribution is 2.60. The van der Waals surface area contributed by atoms with Crippen LogP contribution in [0.2, 0.25) is 18.6 Å². The molecule has 4 aromatic carbocycles. The van der Waals surface area contributed by atoms with Crippen LogP contribution < -0.4 is 16.0 Å². The average Bonchev–Trinajstić information content (AvgIpc) is 3.99. The van der Waals surface area contributed by atoms with Crippen molar-refractivity contribution in [2.75, 3.05) is 11.5 Å². The number of aliphatic hydroxyl groups excluding tert-OH is 1. The summed E-state index contributed by atoms with van der Waals surface area (Å²) in [6, 6.07) is 27.7. The van der Waals surface area contributed by atoms with Gasteiger partial charge in [-0.25, -0.2) is 9.36 Å². The molecule has 15 heteroatoms. The van der Waals surface area contributed by atoms with Crippen LogP contribution in [0.15, 0.2) is 107 Å². The van der Waals surface area contributed by atoms with E-state index in [1.165, 1.54) is 9.36 Å². The summed E-state index contributed by atoms with van der Waals surface area (Å²) in [4.78, 5) is 55.5. The molecule has 0 saturated carbocycles. The van der Waals surface area contributed by atoms with Gasteiger partial charge >= 0.3 is 0 Å². The standard InChI is InChI=1S/C41H42N8O6Si/c1-25-37(56(2,3)54)36(18-20-46-24-27(19-21-50)42-45-46)55-41(25)32-22-29(49-39(52)31-9-5-7-11-34(31)44-49)16-17-35(32)47(40(41)53)23-26-12-14-28(15-13-26)48-38(51)30-8-4-6-10-33(30)43-48/h4-17,22,24-25,36-37,43-44,50,54H,18-21,23H2,1-3H3/t25-,36+,37-,41+/m0/s1. The number of anilines is 1. The second-order valence-electron chi connectivity index (χ2n) is 15.5. The summed E-state index contributed by atoms with van der Waals surface area (Å²) in [5, 5.41) is 25.3. The lowest BCUT2D eigenvalue weighted by molar-refractivity contribution is -0.146. The number of fused-ring (bicyclic) bond motifs is 4. The first-order valence-electron chi connectivity index (χ1n) is 18.8. The minimum atomic E-state index is -2.97. The van der Waals surface area contributed by atoms with E-state index in [2.05, 4.69) is 20.5 Å². The number of carbonyl (C=O) groups excluding carboxylic acids is 1. The molecule has 1 amide bonds. The Hall–Kier alpha value is -5.87. The molecule has 0 aliphatic carbocycles. The molecule has 0 unspecified atom stereocenters. The number of rotatable bonds is 10. The van der Waals surface area contributed by atoms with Gasteiger partial charge in [-0.3, -0.25) is 29.3 Å². The number of aryl methyl sites for hydroxylation is 1. The van der Waals surface area contributed by atoms with Crippen LogP contribution in [0.1, 0.15) is 30.2 Å². The second-order valence-corrected chi connectivity index (χ2v) is 19.4. The van der Waals surface area contributed by atoms with E-state index in [9.17, 15) is 19.5 Å². The van der Waals surface area contributed by atoms with Crippen molar-refractivity contribution in [2.45, 2.75) is 63.2 Å². The molecule has 0 radical (unpaired) electrons. The highest BCUT2D eigenvalue weighted by molar-refractivity contribution is 6.71. The number of hydrogen-bond acceptors (Lipinski definition) is 8. The minimum Gasteiger partial charge on any atom is -0.432 e. The van der Waals surface area contributed by atoms with Gasteiger partial charge in [0.15, 0.2) is 13.9 Å². The van der Waals surface area contributed by atoms with E-state index < -0.39 is 25.9 Å². The number of aliphatic hydroxyl groups is 1. The largest absolute Gasteiger partial charge is 0.432 e. The van der Waals surface area contributed by atoms with E-state index in [1.807, 2.05) is 98.9 Å². The third-order valence-electron chi connectivity index (χ3n) is 11.5. The molecule has 5 heterocycles. The first-order chi connectivity index (χ1) is 27.0. The van der Waals surface area contributed by atoms with Gasteiger partial charge in [-0.15, -0.1) is 5.10 Å². The van der Waals surface area contributed by atoms with Crippen molar-refractivity contribution in [1.29, 1.82) is 0 Å². The zero-order valence-electron chi connectivity index (χ0n) is 31.2. The molecule has 1 fully saturated rings. The maximum atomic E-state index is 15.2. The summed E-state index contributed by atoms with van der Waals surface area (Å²) in [5.74, 6) is -0.671. The van der Waals surface area contributed by atoms with Gasteiger partial charge in [0.2, 0.25) is 0 Å². The van der Waals surface area contributed by atoms with Crippen LogP contribution >= 0.6 is 0 Å². The average molecular weight is 771 g/mol. The number of carbonyl (C=O) groups is 1. The van der Waals surface area contributed by atoms with Crippen LogP contribution in [-0.4, -0.2) is 71.4 Å². The van der Waals surface area contributed by atoms with E-state index in [0.717, 1.165) is 11.1 Å². The number of aromatic nitrogens is 7. The smallest absolute Gasteiger partial charge is 0.279 e. The van der Waals surface area contributed by atoms with Crippen LogP contribution in [0.4, 0.5) is 5.69 Å². The SMILES string of the molecule is C[C@H]1[C@H]([Si](C)(C)O)[C@@H](CCn2cc(CCO)nn2)O[C@]12C(=O)N(Cc1ccc(-n3[nH]c4ccccc4c3=O)cc1)c1ccc(-n3[nH]c4ccccc4c3=O)cc12. The summed E-state index contributed by atoms with van der Waals surface area (Å²) >= 11 is 0. The number of benzene rings is 4. The first kappa shape index (κ1) is 35.8. The first-order valence-corrected chi connectivity index (χ1v) is 21.9. The molecular weight excluding hydrogens is 729 g/mol. The molecule has 7 aromatic rings. The highest BCUT2D eigenvalue weighted by atomic mass is 28.4. The lowest BCUT2D eigenvalue weighted by atomic mass is 9.82. The maximum Gasteiger partial charge on any atom is 0.279 e. The highest BCUT2D eigenvalue weighted by Gasteiger charge is 2.66. The van der Waals surface area contributed by atoms with E-state index >= 15 is 4.79 Å². The molecule has 14 nitrogen and oxygen atoms in total. The summed E-state index contributed by atoms with van der Waals surface area (Å²) < 4.78 is 11.8. The van der Waals surface area contributed by atoms with Gasteiger partial charge in [0.1, 0.15) is 0 Å². The lowest BCUT2D eigenvalue weighted by Gasteiger charge is -2.32. The molecule has 286 valence electrons. The minimum absolute atomic E-state index is 0.0320. The molecule has 4 atom stereocenters. The number of H-pyrrole nitrogens is 2. The quantitative estimate of drug-likeness (QED) is 0.147. The fraction of sp³-hybridized carbons (Fsp3) is 0.293. The zero-order chi connectivity index (χ0) is 38.9. The third kappa shape index (κ3) is 5.68. The fourth-order valence-corrected chi connectivity index (χ4v) is 11.6. The summed E-state index contributed by atoms with van der Waals surface area (Å²) in [6.07, 6.45) is 2.16. The van der Waals surface area contributed by atoms with Crippen LogP contribution in [0.3, 0.4) is 0 Å². The van der Waals surface area contributed by atoms with Crippen molar-refractivity contribution in [3.05, 3.63) is 135 Å². The number of aromatic amines is 2. The van der Waals surface area contributed by atoms with Crippen LogP contribution in [-0.2, 0) is 34.6 Å². The van der Waals surface area contributed by atoms with E-state index in [-0.39, 0.29) is 35.7 Å². The molecule has 9 rings (SSSR count). The van der Waals surface area contributed by atoms with Crippen molar-refractivity contribution in [2.24, 2.45) is 5.92 Å². The Morgan fingerprint density at radius 3 is 2.11 bits per heavy atom. The molecule has 2 aliphatic heterocycles. The number of nitrogens with one attached hydrogen (secondary N) is 2. The topological polar surface area (TPSA) is 176 Å². The summed E-state index contributed by atoms with van der Waals surface area (Å²) in [6.45, 7) is 6.39. The molecule has 3 aromatic heterocycles. The Kier molecular flexibility index (Phi) is 8.57. The van der Waals surface area contributed by atoms with Gasteiger partial charge < -0.3 is 19.5 Å². The van der Waals surface area contributed by atoms with Gasteiger partial charge in [-0.2, -0.15) is 0 Å². The zero-order valence-corrected chi connectivity index (χ0v) is 32.2. The van der Waals surface area contributed by atoms with Gasteiger partial charge in [0, 0.05) is 42.8 Å². The number of hydrogen-bond donors (Lipinski definition) is 4. The molecule has 4 N–H and O–H groups in total. The predicted molar refractivity (Wildman–Crippen MR) is 214 cm³/mol. The molecule has 1 saturated heterocycles. The molecule has 1 spiro atoms. The van der Waals surface area contributed by atoms with Crippen molar-refractivity contribution in [1.82, 2.24) is 34.6 Å². The van der Waals surface area contributed by atoms with Gasteiger partial charge in [-0.05, 0) is 79.7 Å². The normalized spacial score (nSPS) is 20.9. The lowest BCUT2D eigenvalue weighted by Crippen LogP contribution is -2.46. The van der Waals surface area contributed by atoms with Crippen LogP contribution in [0.25, 0.3) is 33.2 Å². The second kappa shape index (κ2) is 13.4. The number of ether oxygens (including phenoxy) is 1. The Bertz CT molecular complexity index is 2740. The molecule has 56 heavy (non-hydrogen) atoms. The Balaban J connectivity index is 1.11. The van der Waals surface area contributed by atoms with E-state index in [0.29, 0.717) is 64.0 Å². The van der Waals surface area contributed by atoms with E-state index in [1.54, 1.807) is 27.9 Å². The monoisotopic (exact) mass is 770 g/mol. The Labute approximate surface area is 321 Å². The van der Waals surface area contributed by atoms with Gasteiger partial charge in [-0.1, -0.05) is 48.5 Å². The summed E-state index contributed by atoms with van der Waals surface area (Å²) in [5.41, 5.74) is 3.33. The molecule has 2 aliphatic rings. The Morgan fingerprint density at radius 1 is 0.857 bits per heavy atom. The van der Waals surface area contributed by atoms with Gasteiger partial charge in [0.05, 0.1) is 57.2 Å².